The Hall–Kier alpha value is -2.21. The molecule has 1 saturated heterocycles. The third-order valence-electron chi connectivity index (χ3n) is 4.86. The summed E-state index contributed by atoms with van der Waals surface area (Å²) in [5, 5.41) is 2.96. The molecule has 0 bridgehead atoms. The molecule has 1 unspecified atom stereocenters. The van der Waals surface area contributed by atoms with Crippen LogP contribution in [0.3, 0.4) is 0 Å². The molecular formula is C17H18ClN5O4S2. The highest BCUT2D eigenvalue weighted by atomic mass is 35.5. The Morgan fingerprint density at radius 1 is 1.48 bits per heavy atom. The maximum absolute atomic E-state index is 12.8. The Labute approximate surface area is 176 Å². The molecule has 154 valence electrons. The fourth-order valence-corrected chi connectivity index (χ4v) is 6.70. The molecule has 3 N–H and O–H groups in total. The first-order chi connectivity index (χ1) is 13.6. The van der Waals surface area contributed by atoms with E-state index in [1.807, 2.05) is 13.0 Å². The lowest BCUT2D eigenvalue weighted by atomic mass is 9.97. The summed E-state index contributed by atoms with van der Waals surface area (Å²) in [4.78, 5) is 22.1. The van der Waals surface area contributed by atoms with E-state index in [4.69, 9.17) is 22.1 Å². The number of fused-ring (bicyclic) bond motifs is 1. The zero-order valence-corrected chi connectivity index (χ0v) is 17.9. The minimum absolute atomic E-state index is 0.147. The maximum Gasteiger partial charge on any atom is 0.267 e. The molecular weight excluding hydrogens is 438 g/mol. The van der Waals surface area contributed by atoms with Crippen molar-refractivity contribution >= 4 is 50.6 Å². The molecule has 0 aromatic carbocycles. The molecule has 2 aromatic rings. The van der Waals surface area contributed by atoms with Crippen molar-refractivity contribution in [3.8, 4) is 0 Å². The van der Waals surface area contributed by atoms with Gasteiger partial charge in [0, 0.05) is 19.2 Å². The van der Waals surface area contributed by atoms with Crippen molar-refractivity contribution < 1.29 is 17.9 Å². The summed E-state index contributed by atoms with van der Waals surface area (Å²) in [5.74, 6) is -0.141. The van der Waals surface area contributed by atoms with Crippen molar-refractivity contribution in [2.45, 2.75) is 24.3 Å². The van der Waals surface area contributed by atoms with Gasteiger partial charge in [0.25, 0.3) is 15.9 Å². The van der Waals surface area contributed by atoms with Crippen molar-refractivity contribution in [1.82, 2.24) is 9.29 Å². The molecule has 0 saturated carbocycles. The van der Waals surface area contributed by atoms with Crippen molar-refractivity contribution in [3.63, 3.8) is 0 Å². The average molecular weight is 456 g/mol. The molecule has 0 aliphatic carbocycles. The molecule has 2 aliphatic heterocycles. The van der Waals surface area contributed by atoms with E-state index in [1.54, 1.807) is 12.1 Å². The molecule has 4 heterocycles. The number of amides is 1. The predicted molar refractivity (Wildman–Crippen MR) is 111 cm³/mol. The number of halogens is 1. The first-order valence-corrected chi connectivity index (χ1v) is 11.3. The summed E-state index contributed by atoms with van der Waals surface area (Å²) in [7, 11) is -2.56. The highest BCUT2D eigenvalue weighted by Crippen LogP contribution is 2.50. The quantitative estimate of drug-likeness (QED) is 0.727. The van der Waals surface area contributed by atoms with Gasteiger partial charge >= 0.3 is 0 Å². The Balaban J connectivity index is 1.73. The number of nitrogens with two attached hydrogens (primary N) is 1. The number of aromatic nitrogens is 1. The van der Waals surface area contributed by atoms with Gasteiger partial charge in [-0.25, -0.2) is 22.7 Å². The van der Waals surface area contributed by atoms with Gasteiger partial charge in [0.1, 0.15) is 11.4 Å². The molecule has 0 radical (unpaired) electrons. The van der Waals surface area contributed by atoms with Crippen LogP contribution in [0.25, 0.3) is 0 Å². The summed E-state index contributed by atoms with van der Waals surface area (Å²) in [6.45, 7) is 2.00. The summed E-state index contributed by atoms with van der Waals surface area (Å²) < 4.78 is 32.1. The van der Waals surface area contributed by atoms with E-state index in [0.29, 0.717) is 15.6 Å². The first-order valence-electron chi connectivity index (χ1n) is 8.64. The largest absolute Gasteiger partial charge is 0.369 e. The van der Waals surface area contributed by atoms with Gasteiger partial charge in [-0.1, -0.05) is 17.7 Å². The zero-order chi connectivity index (χ0) is 21.0. The number of hydrogen-bond donors (Lipinski definition) is 2. The number of ether oxygens (including phenoxy) is 1. The Kier molecular flexibility index (Phi) is 4.80. The standard InChI is InChI=1S/C17H18ClN5O4S2/c1-9-4-3-5-12(20-9)21-14(24)11-8-10(18)13(28-11)17-6-7-27-15(17)29(25,26)23(2)16(19)22-17/h3-5,8,15H,6-7H2,1-2H3,(H2,19,22)(H,20,21,24)/t15?,17-/m1/s1. The number of thiophene rings is 1. The van der Waals surface area contributed by atoms with Gasteiger partial charge in [-0.15, -0.1) is 11.3 Å². The summed E-state index contributed by atoms with van der Waals surface area (Å²) in [6, 6.07) is 6.77. The van der Waals surface area contributed by atoms with E-state index >= 15 is 0 Å². The second kappa shape index (κ2) is 6.94. The number of nitrogens with zero attached hydrogens (tertiary/aromatic N) is 3. The number of carbonyl (C=O) groups excluding carboxylic acids is 1. The van der Waals surface area contributed by atoms with Crippen LogP contribution in [0.1, 0.15) is 26.7 Å². The zero-order valence-electron chi connectivity index (χ0n) is 15.5. The fourth-order valence-electron chi connectivity index (χ4n) is 3.40. The van der Waals surface area contributed by atoms with E-state index in [1.165, 1.54) is 13.1 Å². The van der Waals surface area contributed by atoms with Crippen molar-refractivity contribution in [1.29, 1.82) is 0 Å². The second-order valence-electron chi connectivity index (χ2n) is 6.77. The van der Waals surface area contributed by atoms with Gasteiger partial charge in [-0.2, -0.15) is 0 Å². The maximum atomic E-state index is 12.8. The van der Waals surface area contributed by atoms with Crippen molar-refractivity contribution in [3.05, 3.63) is 44.7 Å². The number of carbonyl (C=O) groups is 1. The lowest BCUT2D eigenvalue weighted by Crippen LogP contribution is -2.55. The van der Waals surface area contributed by atoms with Crippen LogP contribution in [-0.2, 0) is 20.3 Å². The number of anilines is 1. The van der Waals surface area contributed by atoms with Crippen LogP contribution in [-0.4, -0.2) is 48.7 Å². The van der Waals surface area contributed by atoms with Crippen LogP contribution in [0.2, 0.25) is 5.02 Å². The third-order valence-corrected chi connectivity index (χ3v) is 8.59. The molecule has 1 amide bonds. The van der Waals surface area contributed by atoms with E-state index in [-0.39, 0.29) is 24.0 Å². The van der Waals surface area contributed by atoms with E-state index in [0.717, 1.165) is 21.3 Å². The van der Waals surface area contributed by atoms with Gasteiger partial charge in [-0.3, -0.25) is 4.79 Å². The topological polar surface area (TPSA) is 127 Å². The minimum Gasteiger partial charge on any atom is -0.369 e. The second-order valence-corrected chi connectivity index (χ2v) is 10.2. The number of pyridine rings is 1. The number of nitrogens with one attached hydrogen (secondary N) is 1. The number of hydrogen-bond acceptors (Lipinski definition) is 8. The first kappa shape index (κ1) is 20.1. The smallest absolute Gasteiger partial charge is 0.267 e. The number of guanidine groups is 1. The molecule has 12 heteroatoms. The van der Waals surface area contributed by atoms with Crippen LogP contribution < -0.4 is 11.1 Å². The summed E-state index contributed by atoms with van der Waals surface area (Å²) in [5.41, 5.74) is 4.11. The minimum atomic E-state index is -3.88. The van der Waals surface area contributed by atoms with E-state index in [9.17, 15) is 13.2 Å². The molecule has 1 fully saturated rings. The summed E-state index contributed by atoms with van der Waals surface area (Å²) >= 11 is 7.50. The van der Waals surface area contributed by atoms with Gasteiger partial charge in [0.2, 0.25) is 11.4 Å². The van der Waals surface area contributed by atoms with Crippen molar-refractivity contribution in [2.24, 2.45) is 10.7 Å². The van der Waals surface area contributed by atoms with Crippen LogP contribution in [0.5, 0.6) is 0 Å². The fraction of sp³-hybridized carbons (Fsp3) is 0.353. The molecule has 0 spiro atoms. The van der Waals surface area contributed by atoms with Crippen LogP contribution in [0, 0.1) is 6.92 Å². The Morgan fingerprint density at radius 2 is 2.24 bits per heavy atom. The van der Waals surface area contributed by atoms with Gasteiger partial charge < -0.3 is 15.8 Å². The highest BCUT2D eigenvalue weighted by Gasteiger charge is 2.59. The Morgan fingerprint density at radius 3 is 2.97 bits per heavy atom. The number of sulfonamides is 1. The monoisotopic (exact) mass is 455 g/mol. The lowest BCUT2D eigenvalue weighted by molar-refractivity contribution is 0.103. The predicted octanol–water partition coefficient (Wildman–Crippen LogP) is 1.89. The van der Waals surface area contributed by atoms with Crippen LogP contribution in [0.4, 0.5) is 5.82 Å². The van der Waals surface area contributed by atoms with Crippen LogP contribution in [0.15, 0.2) is 29.3 Å². The third kappa shape index (κ3) is 3.18. The lowest BCUT2D eigenvalue weighted by Gasteiger charge is -2.37. The molecule has 9 nitrogen and oxygen atoms in total. The van der Waals surface area contributed by atoms with Crippen LogP contribution >= 0.6 is 22.9 Å². The normalized spacial score (nSPS) is 25.4. The Bertz CT molecular complexity index is 1130. The van der Waals surface area contributed by atoms with E-state index < -0.39 is 26.9 Å². The average Bonchev–Trinajstić information content (AvgIpc) is 3.25. The highest BCUT2D eigenvalue weighted by molar-refractivity contribution is 7.90. The molecule has 2 aromatic heterocycles. The van der Waals surface area contributed by atoms with Gasteiger partial charge in [-0.05, 0) is 25.1 Å². The molecule has 29 heavy (non-hydrogen) atoms. The molecule has 2 aliphatic rings. The number of aryl methyl sites for hydroxylation is 1. The van der Waals surface area contributed by atoms with Gasteiger partial charge in [0.15, 0.2) is 0 Å². The summed E-state index contributed by atoms with van der Waals surface area (Å²) in [6.07, 6.45) is 0.284. The number of aliphatic imine (C=N–C) groups is 1. The molecule has 4 rings (SSSR count). The number of rotatable bonds is 3. The van der Waals surface area contributed by atoms with Crippen molar-refractivity contribution in [2.75, 3.05) is 19.0 Å². The molecule has 2 atom stereocenters. The SMILES string of the molecule is Cc1cccc(NC(=O)c2cc(Cl)c([C@]34CCOC3S(=O)(=O)N(C)C(N)=N4)s2)n1. The van der Waals surface area contributed by atoms with E-state index in [2.05, 4.69) is 15.3 Å². The van der Waals surface area contributed by atoms with Gasteiger partial charge in [0.05, 0.1) is 21.4 Å².